The van der Waals surface area contributed by atoms with Crippen molar-refractivity contribution >= 4 is 23.2 Å². The van der Waals surface area contributed by atoms with Gasteiger partial charge in [0.25, 0.3) is 0 Å². The van der Waals surface area contributed by atoms with E-state index in [9.17, 15) is 0 Å². The van der Waals surface area contributed by atoms with Crippen LogP contribution in [0.2, 0.25) is 10.0 Å². The minimum Gasteiger partial charge on any atom is -0.335 e. The van der Waals surface area contributed by atoms with Crippen molar-refractivity contribution in [2.24, 2.45) is 0 Å². The third-order valence-electron chi connectivity index (χ3n) is 3.17. The highest BCUT2D eigenvalue weighted by atomic mass is 35.5. The molecule has 1 atom stereocenters. The van der Waals surface area contributed by atoms with Crippen LogP contribution in [0.25, 0.3) is 0 Å². The average molecular weight is 313 g/mol. The second-order valence-corrected chi connectivity index (χ2v) is 5.45. The molecule has 0 aliphatic carbocycles. The van der Waals surface area contributed by atoms with Gasteiger partial charge in [-0.15, -0.1) is 0 Å². The first-order chi connectivity index (χ1) is 9.65. The maximum atomic E-state index is 6.23. The second-order valence-electron chi connectivity index (χ2n) is 4.60. The lowest BCUT2D eigenvalue weighted by molar-refractivity contribution is 0.533. The second kappa shape index (κ2) is 7.07. The molecule has 0 saturated carbocycles. The Hall–Kier alpha value is -1.10. The zero-order chi connectivity index (χ0) is 14.5. The normalized spacial score (nSPS) is 12.6. The number of likely N-dealkylation sites (N-methyl/N-ethyl adjacent to an activating group) is 1. The summed E-state index contributed by atoms with van der Waals surface area (Å²) in [5.74, 6) is 1.03. The van der Waals surface area contributed by atoms with E-state index >= 15 is 0 Å². The monoisotopic (exact) mass is 312 g/mol. The van der Waals surface area contributed by atoms with Crippen LogP contribution >= 0.6 is 23.2 Å². The topological polar surface area (TPSA) is 42.7 Å². The molecule has 2 heterocycles. The molecule has 0 bridgehead atoms. The van der Waals surface area contributed by atoms with Gasteiger partial charge in [0.05, 0.1) is 21.8 Å². The number of nitrogens with zero attached hydrogens (tertiary/aromatic N) is 3. The Balaban J connectivity index is 2.22. The van der Waals surface area contributed by atoms with Gasteiger partial charge >= 0.3 is 0 Å². The van der Waals surface area contributed by atoms with Crippen LogP contribution in [-0.4, -0.2) is 21.6 Å². The number of rotatable bonds is 6. The molecule has 0 amide bonds. The van der Waals surface area contributed by atoms with Crippen LogP contribution in [0.5, 0.6) is 0 Å². The first-order valence-electron chi connectivity index (χ1n) is 6.64. The van der Waals surface area contributed by atoms with Gasteiger partial charge in [-0.05, 0) is 19.5 Å². The van der Waals surface area contributed by atoms with Gasteiger partial charge in [0.1, 0.15) is 5.82 Å². The van der Waals surface area contributed by atoms with Crippen molar-refractivity contribution in [3.8, 4) is 0 Å². The lowest BCUT2D eigenvalue weighted by atomic mass is 10.1. The molecule has 4 nitrogen and oxygen atoms in total. The molecule has 0 saturated heterocycles. The summed E-state index contributed by atoms with van der Waals surface area (Å²) in [5, 5.41) is 4.36. The number of aryl methyl sites for hydroxylation is 1. The number of hydrogen-bond donors (Lipinski definition) is 1. The van der Waals surface area contributed by atoms with E-state index in [4.69, 9.17) is 23.2 Å². The van der Waals surface area contributed by atoms with Crippen LogP contribution in [0.3, 0.4) is 0 Å². The van der Waals surface area contributed by atoms with Crippen LogP contribution in [0.15, 0.2) is 24.7 Å². The molecule has 1 unspecified atom stereocenters. The Morgan fingerprint density at radius 1 is 1.35 bits per heavy atom. The molecule has 0 fully saturated rings. The Bertz CT molecular complexity index is 568. The molecule has 0 spiro atoms. The average Bonchev–Trinajstić information content (AvgIpc) is 2.84. The van der Waals surface area contributed by atoms with E-state index in [0.29, 0.717) is 10.0 Å². The first-order valence-corrected chi connectivity index (χ1v) is 7.39. The SMILES string of the molecule is CCCn1ccnc1CC(NC)c1ncc(Cl)cc1Cl. The van der Waals surface area contributed by atoms with E-state index in [1.165, 1.54) is 0 Å². The molecule has 2 aromatic rings. The van der Waals surface area contributed by atoms with Crippen molar-refractivity contribution in [3.63, 3.8) is 0 Å². The van der Waals surface area contributed by atoms with Crippen LogP contribution < -0.4 is 5.32 Å². The maximum Gasteiger partial charge on any atom is 0.110 e. The predicted molar refractivity (Wildman–Crippen MR) is 82.3 cm³/mol. The van der Waals surface area contributed by atoms with Crippen LogP contribution in [0, 0.1) is 0 Å². The van der Waals surface area contributed by atoms with Crippen molar-refractivity contribution in [3.05, 3.63) is 46.2 Å². The predicted octanol–water partition coefficient (Wildman–Crippen LogP) is 3.50. The van der Waals surface area contributed by atoms with Gasteiger partial charge in [0.15, 0.2) is 0 Å². The van der Waals surface area contributed by atoms with Gasteiger partial charge < -0.3 is 9.88 Å². The molecule has 6 heteroatoms. The number of aromatic nitrogens is 3. The summed E-state index contributed by atoms with van der Waals surface area (Å²) in [7, 11) is 1.89. The molecular weight excluding hydrogens is 295 g/mol. The summed E-state index contributed by atoms with van der Waals surface area (Å²) in [6.07, 6.45) is 7.26. The van der Waals surface area contributed by atoms with Gasteiger partial charge in [0.2, 0.25) is 0 Å². The highest BCUT2D eigenvalue weighted by Crippen LogP contribution is 2.25. The summed E-state index contributed by atoms with van der Waals surface area (Å²) >= 11 is 12.1. The molecule has 2 rings (SSSR count). The smallest absolute Gasteiger partial charge is 0.110 e. The van der Waals surface area contributed by atoms with E-state index in [-0.39, 0.29) is 6.04 Å². The standard InChI is InChI=1S/C14H18Cl2N4/c1-3-5-20-6-4-18-13(20)8-12(17-2)14-11(16)7-10(15)9-19-14/h4,6-7,9,12,17H,3,5,8H2,1-2H3. The third kappa shape index (κ3) is 3.51. The van der Waals surface area contributed by atoms with Gasteiger partial charge in [-0.3, -0.25) is 4.98 Å². The van der Waals surface area contributed by atoms with Crippen molar-refractivity contribution in [1.29, 1.82) is 0 Å². The fraction of sp³-hybridized carbons (Fsp3) is 0.429. The lowest BCUT2D eigenvalue weighted by Gasteiger charge is -2.17. The lowest BCUT2D eigenvalue weighted by Crippen LogP contribution is -2.22. The molecular formula is C14H18Cl2N4. The highest BCUT2D eigenvalue weighted by Gasteiger charge is 2.18. The van der Waals surface area contributed by atoms with E-state index in [1.54, 1.807) is 12.3 Å². The largest absolute Gasteiger partial charge is 0.335 e. The molecule has 0 aliphatic heterocycles. The van der Waals surface area contributed by atoms with Crippen molar-refractivity contribution in [2.75, 3.05) is 7.05 Å². The number of imidazole rings is 1. The fourth-order valence-electron chi connectivity index (χ4n) is 2.17. The Morgan fingerprint density at radius 2 is 2.15 bits per heavy atom. The van der Waals surface area contributed by atoms with Gasteiger partial charge in [0, 0.05) is 31.6 Å². The first kappa shape index (κ1) is 15.3. The number of pyridine rings is 1. The summed E-state index contributed by atoms with van der Waals surface area (Å²) in [6, 6.07) is 1.73. The van der Waals surface area contributed by atoms with Gasteiger partial charge in [-0.2, -0.15) is 0 Å². The Labute approximate surface area is 129 Å². The molecule has 2 aromatic heterocycles. The van der Waals surface area contributed by atoms with E-state index in [0.717, 1.165) is 30.9 Å². The minimum atomic E-state index is 0.0118. The zero-order valence-electron chi connectivity index (χ0n) is 11.6. The van der Waals surface area contributed by atoms with Crippen LogP contribution in [0.4, 0.5) is 0 Å². The summed E-state index contributed by atoms with van der Waals surface area (Å²) in [6.45, 7) is 3.12. The summed E-state index contributed by atoms with van der Waals surface area (Å²) < 4.78 is 2.16. The van der Waals surface area contributed by atoms with Crippen LogP contribution in [0.1, 0.15) is 30.9 Å². The van der Waals surface area contributed by atoms with E-state index in [1.807, 2.05) is 19.4 Å². The molecule has 20 heavy (non-hydrogen) atoms. The Morgan fingerprint density at radius 3 is 2.80 bits per heavy atom. The van der Waals surface area contributed by atoms with Gasteiger partial charge in [-0.25, -0.2) is 4.98 Å². The Kier molecular flexibility index (Phi) is 5.40. The number of hydrogen-bond acceptors (Lipinski definition) is 3. The molecule has 0 aliphatic rings. The number of halogens is 2. The molecule has 0 aromatic carbocycles. The van der Waals surface area contributed by atoms with Crippen molar-refractivity contribution < 1.29 is 0 Å². The maximum absolute atomic E-state index is 6.23. The molecule has 1 N–H and O–H groups in total. The summed E-state index contributed by atoms with van der Waals surface area (Å²) in [4.78, 5) is 8.76. The van der Waals surface area contributed by atoms with Crippen molar-refractivity contribution in [1.82, 2.24) is 19.9 Å². The van der Waals surface area contributed by atoms with Crippen molar-refractivity contribution in [2.45, 2.75) is 32.4 Å². The van der Waals surface area contributed by atoms with Gasteiger partial charge in [-0.1, -0.05) is 30.1 Å². The fourth-order valence-corrected chi connectivity index (χ4v) is 2.69. The third-order valence-corrected chi connectivity index (χ3v) is 3.68. The zero-order valence-corrected chi connectivity index (χ0v) is 13.1. The minimum absolute atomic E-state index is 0.0118. The quantitative estimate of drug-likeness (QED) is 0.887. The van der Waals surface area contributed by atoms with E-state index in [2.05, 4.69) is 26.8 Å². The molecule has 108 valence electrons. The van der Waals surface area contributed by atoms with Crippen LogP contribution in [-0.2, 0) is 13.0 Å². The summed E-state index contributed by atoms with van der Waals surface area (Å²) in [5.41, 5.74) is 0.796. The molecule has 0 radical (unpaired) electrons. The van der Waals surface area contributed by atoms with E-state index < -0.39 is 0 Å². The highest BCUT2D eigenvalue weighted by molar-refractivity contribution is 6.34. The number of nitrogens with one attached hydrogen (secondary N) is 1.